The van der Waals surface area contributed by atoms with Crippen molar-refractivity contribution in [3.63, 3.8) is 0 Å². The predicted octanol–water partition coefficient (Wildman–Crippen LogP) is 3.94. The van der Waals surface area contributed by atoms with Gasteiger partial charge in [-0.25, -0.2) is 0 Å². The number of rotatable bonds is 7. The quantitative estimate of drug-likeness (QED) is 0.296. The molecule has 1 atom stereocenters. The Morgan fingerprint density at radius 2 is 1.71 bits per heavy atom. The lowest BCUT2D eigenvalue weighted by Crippen LogP contribution is -2.48. The Morgan fingerprint density at radius 3 is 2.25 bits per heavy atom. The van der Waals surface area contributed by atoms with Crippen molar-refractivity contribution in [2.45, 2.75) is 16.4 Å². The van der Waals surface area contributed by atoms with Crippen LogP contribution in [-0.4, -0.2) is 25.8 Å². The molecule has 1 unspecified atom stereocenters. The van der Waals surface area contributed by atoms with Gasteiger partial charge >= 0.3 is 5.69 Å². The average Bonchev–Trinajstić information content (AvgIpc) is 2.61. The van der Waals surface area contributed by atoms with Crippen LogP contribution in [0.25, 0.3) is 0 Å². The standard InChI is InChI=1S/C16H12Cl3N3O6/c17-16(18,19)15(20-14(23)8-10-4-2-1-3-5-10)28-13-7-6-11(21(24)25)9-12(13)22(26)27/h1-7,9,15H,8H2,(H,20,23). The van der Waals surface area contributed by atoms with Crippen molar-refractivity contribution in [3.8, 4) is 5.75 Å². The minimum atomic E-state index is -2.18. The molecule has 12 heteroatoms. The van der Waals surface area contributed by atoms with E-state index in [0.29, 0.717) is 11.6 Å². The zero-order chi connectivity index (χ0) is 20.9. The highest BCUT2D eigenvalue weighted by Gasteiger charge is 2.38. The maximum Gasteiger partial charge on any atom is 0.317 e. The summed E-state index contributed by atoms with van der Waals surface area (Å²) in [5, 5.41) is 24.4. The Hall–Kier alpha value is -2.62. The first-order valence-electron chi connectivity index (χ1n) is 7.57. The number of carbonyl (C=O) groups is 1. The van der Waals surface area contributed by atoms with Gasteiger partial charge in [-0.1, -0.05) is 65.1 Å². The first kappa shape index (κ1) is 21.7. The van der Waals surface area contributed by atoms with E-state index < -0.39 is 42.9 Å². The third-order valence-corrected chi connectivity index (χ3v) is 3.99. The number of non-ortho nitro benzene ring substituents is 1. The monoisotopic (exact) mass is 447 g/mol. The van der Waals surface area contributed by atoms with E-state index in [4.69, 9.17) is 39.5 Å². The Kier molecular flexibility index (Phi) is 7.00. The summed E-state index contributed by atoms with van der Waals surface area (Å²) in [6.07, 6.45) is -1.64. The molecule has 0 radical (unpaired) electrons. The van der Waals surface area contributed by atoms with Crippen molar-refractivity contribution in [2.75, 3.05) is 0 Å². The molecule has 0 spiro atoms. The second-order valence-corrected chi connectivity index (χ2v) is 7.80. The molecule has 0 bridgehead atoms. The van der Waals surface area contributed by atoms with Crippen molar-refractivity contribution in [1.29, 1.82) is 0 Å². The van der Waals surface area contributed by atoms with Gasteiger partial charge in [-0.05, 0) is 11.6 Å². The fourth-order valence-electron chi connectivity index (χ4n) is 2.15. The van der Waals surface area contributed by atoms with Crippen molar-refractivity contribution >= 4 is 52.1 Å². The molecule has 1 N–H and O–H groups in total. The molecule has 0 heterocycles. The summed E-state index contributed by atoms with van der Waals surface area (Å²) in [7, 11) is 0. The maximum absolute atomic E-state index is 12.2. The molecule has 0 aliphatic heterocycles. The molecule has 0 saturated heterocycles. The van der Waals surface area contributed by atoms with Crippen LogP contribution in [0.15, 0.2) is 48.5 Å². The van der Waals surface area contributed by atoms with E-state index in [0.717, 1.165) is 12.1 Å². The molecule has 0 fully saturated rings. The Morgan fingerprint density at radius 1 is 1.07 bits per heavy atom. The second-order valence-electron chi connectivity index (χ2n) is 5.44. The second kappa shape index (κ2) is 9.05. The maximum atomic E-state index is 12.2. The van der Waals surface area contributed by atoms with Gasteiger partial charge in [-0.2, -0.15) is 0 Å². The summed E-state index contributed by atoms with van der Waals surface area (Å²) in [6.45, 7) is 0. The van der Waals surface area contributed by atoms with Crippen molar-refractivity contribution in [2.24, 2.45) is 0 Å². The lowest BCUT2D eigenvalue weighted by atomic mass is 10.1. The number of nitrogens with zero attached hydrogens (tertiary/aromatic N) is 2. The largest absolute Gasteiger partial charge is 0.459 e. The Balaban J connectivity index is 2.24. The number of nitro groups is 2. The fourth-order valence-corrected chi connectivity index (χ4v) is 2.44. The number of ether oxygens (including phenoxy) is 1. The summed E-state index contributed by atoms with van der Waals surface area (Å²) in [6, 6.07) is 11.4. The third kappa shape index (κ3) is 5.95. The van der Waals surface area contributed by atoms with E-state index in [1.54, 1.807) is 30.3 Å². The number of nitrogens with one attached hydrogen (secondary N) is 1. The van der Waals surface area contributed by atoms with Crippen molar-refractivity contribution in [1.82, 2.24) is 5.32 Å². The lowest BCUT2D eigenvalue weighted by molar-refractivity contribution is -0.394. The van der Waals surface area contributed by atoms with E-state index in [-0.39, 0.29) is 6.42 Å². The Bertz CT molecular complexity index is 889. The lowest BCUT2D eigenvalue weighted by Gasteiger charge is -2.26. The van der Waals surface area contributed by atoms with Crippen LogP contribution in [0.3, 0.4) is 0 Å². The topological polar surface area (TPSA) is 125 Å². The molecule has 2 aromatic carbocycles. The fraction of sp³-hybridized carbons (Fsp3) is 0.188. The molecule has 0 aromatic heterocycles. The first-order chi connectivity index (χ1) is 13.1. The van der Waals surface area contributed by atoms with Crippen LogP contribution in [0.1, 0.15) is 5.56 Å². The van der Waals surface area contributed by atoms with Crippen LogP contribution in [0.4, 0.5) is 11.4 Å². The third-order valence-electron chi connectivity index (χ3n) is 3.39. The molecule has 148 valence electrons. The van der Waals surface area contributed by atoms with Gasteiger partial charge in [0.05, 0.1) is 22.3 Å². The highest BCUT2D eigenvalue weighted by molar-refractivity contribution is 6.68. The van der Waals surface area contributed by atoms with Gasteiger partial charge in [0, 0.05) is 6.07 Å². The van der Waals surface area contributed by atoms with Crippen LogP contribution in [0.2, 0.25) is 0 Å². The molecule has 1 amide bonds. The van der Waals surface area contributed by atoms with Gasteiger partial charge in [0.1, 0.15) is 0 Å². The highest BCUT2D eigenvalue weighted by atomic mass is 35.6. The number of carbonyl (C=O) groups excluding carboxylic acids is 1. The van der Waals surface area contributed by atoms with E-state index in [2.05, 4.69) is 5.32 Å². The molecule has 0 saturated carbocycles. The number of alkyl halides is 3. The van der Waals surface area contributed by atoms with Gasteiger partial charge in [0.2, 0.25) is 15.9 Å². The zero-order valence-corrected chi connectivity index (χ0v) is 16.1. The van der Waals surface area contributed by atoms with Gasteiger partial charge in [-0.15, -0.1) is 0 Å². The van der Waals surface area contributed by atoms with E-state index in [1.165, 1.54) is 0 Å². The normalized spacial score (nSPS) is 12.1. The van der Waals surface area contributed by atoms with Crippen LogP contribution >= 0.6 is 34.8 Å². The van der Waals surface area contributed by atoms with E-state index >= 15 is 0 Å². The van der Waals surface area contributed by atoms with Crippen LogP contribution in [-0.2, 0) is 11.2 Å². The number of hydrogen-bond acceptors (Lipinski definition) is 6. The summed E-state index contributed by atoms with van der Waals surface area (Å²) < 4.78 is 3.14. The zero-order valence-electron chi connectivity index (χ0n) is 13.9. The first-order valence-corrected chi connectivity index (χ1v) is 8.71. The molecular formula is C16H12Cl3N3O6. The minimum Gasteiger partial charge on any atom is -0.459 e. The summed E-state index contributed by atoms with van der Waals surface area (Å²) in [5.41, 5.74) is -0.548. The van der Waals surface area contributed by atoms with Crippen LogP contribution in [0, 0.1) is 20.2 Å². The van der Waals surface area contributed by atoms with Crippen LogP contribution in [0.5, 0.6) is 5.75 Å². The highest BCUT2D eigenvalue weighted by Crippen LogP contribution is 2.36. The smallest absolute Gasteiger partial charge is 0.317 e. The molecule has 2 aromatic rings. The number of benzene rings is 2. The minimum absolute atomic E-state index is 0.0518. The van der Waals surface area contributed by atoms with Crippen molar-refractivity contribution < 1.29 is 19.4 Å². The van der Waals surface area contributed by atoms with Gasteiger partial charge < -0.3 is 10.1 Å². The molecule has 0 aliphatic rings. The summed E-state index contributed by atoms with van der Waals surface area (Å²) in [5.74, 6) is -0.973. The SMILES string of the molecule is O=C(Cc1ccccc1)NC(Oc1ccc([N+](=O)[O-])cc1[N+](=O)[O-])C(Cl)(Cl)Cl. The average molecular weight is 449 g/mol. The number of hydrogen-bond donors (Lipinski definition) is 1. The molecule has 0 aliphatic carbocycles. The molecular weight excluding hydrogens is 437 g/mol. The van der Waals surface area contributed by atoms with E-state index in [9.17, 15) is 25.0 Å². The van der Waals surface area contributed by atoms with Gasteiger partial charge in [0.15, 0.2) is 5.75 Å². The Labute approximate surface area is 173 Å². The summed E-state index contributed by atoms with van der Waals surface area (Å²) >= 11 is 17.5. The predicted molar refractivity (Wildman–Crippen MR) is 103 cm³/mol. The van der Waals surface area contributed by atoms with Crippen molar-refractivity contribution in [3.05, 3.63) is 74.3 Å². The molecule has 9 nitrogen and oxygen atoms in total. The number of nitro benzene ring substituents is 2. The number of halogens is 3. The summed E-state index contributed by atoms with van der Waals surface area (Å²) in [4.78, 5) is 32.6. The van der Waals surface area contributed by atoms with Crippen LogP contribution < -0.4 is 10.1 Å². The van der Waals surface area contributed by atoms with Gasteiger partial charge in [-0.3, -0.25) is 25.0 Å². The van der Waals surface area contributed by atoms with E-state index in [1.807, 2.05) is 0 Å². The molecule has 28 heavy (non-hydrogen) atoms. The van der Waals surface area contributed by atoms with Gasteiger partial charge in [0.25, 0.3) is 5.69 Å². The number of amides is 1. The molecule has 2 rings (SSSR count).